The summed E-state index contributed by atoms with van der Waals surface area (Å²) in [6.07, 6.45) is 0. The largest absolute Gasteiger partial charge is 0.368 e. The van der Waals surface area contributed by atoms with Gasteiger partial charge in [-0.25, -0.2) is 0 Å². The molecule has 1 aromatic carbocycles. The van der Waals surface area contributed by atoms with E-state index in [0.29, 0.717) is 5.56 Å². The standard InChI is InChI=1S/C11H12BrN3O3/c12-8-3-1-2-7(4-8)11(18)15-6-10(17)14-5-9(13)16/h1-4H,5-6H2,(H2,13,16)(H,14,17)(H,15,18). The molecule has 0 atom stereocenters. The summed E-state index contributed by atoms with van der Waals surface area (Å²) in [5.41, 5.74) is 5.30. The lowest BCUT2D eigenvalue weighted by atomic mass is 10.2. The Labute approximate surface area is 112 Å². The molecule has 4 N–H and O–H groups in total. The molecule has 0 spiro atoms. The predicted molar refractivity (Wildman–Crippen MR) is 68.7 cm³/mol. The van der Waals surface area contributed by atoms with Crippen LogP contribution in [0.15, 0.2) is 28.7 Å². The van der Waals surface area contributed by atoms with E-state index < -0.39 is 11.8 Å². The number of nitrogens with two attached hydrogens (primary N) is 1. The number of carbonyl (C=O) groups excluding carboxylic acids is 3. The summed E-state index contributed by atoms with van der Waals surface area (Å²) in [5, 5.41) is 4.69. The molecule has 7 heteroatoms. The lowest BCUT2D eigenvalue weighted by Gasteiger charge is -2.05. The quantitative estimate of drug-likeness (QED) is 0.700. The second-order valence-electron chi connectivity index (χ2n) is 3.44. The summed E-state index contributed by atoms with van der Waals surface area (Å²) in [5.74, 6) is -1.48. The third kappa shape index (κ3) is 4.96. The SMILES string of the molecule is NC(=O)CNC(=O)CNC(=O)c1cccc(Br)c1. The van der Waals surface area contributed by atoms with Crippen molar-refractivity contribution in [3.05, 3.63) is 34.3 Å². The number of amides is 3. The molecular weight excluding hydrogens is 302 g/mol. The van der Waals surface area contributed by atoms with Gasteiger partial charge in [0.15, 0.2) is 0 Å². The van der Waals surface area contributed by atoms with E-state index >= 15 is 0 Å². The molecule has 96 valence electrons. The lowest BCUT2D eigenvalue weighted by molar-refractivity contribution is -0.124. The minimum atomic E-state index is -0.637. The fraction of sp³-hybridized carbons (Fsp3) is 0.182. The molecule has 0 aromatic heterocycles. The van der Waals surface area contributed by atoms with Gasteiger partial charge in [-0.15, -0.1) is 0 Å². The van der Waals surface area contributed by atoms with Gasteiger partial charge in [0, 0.05) is 10.0 Å². The van der Waals surface area contributed by atoms with Crippen molar-refractivity contribution in [2.24, 2.45) is 5.73 Å². The van der Waals surface area contributed by atoms with E-state index in [1.807, 2.05) is 0 Å². The van der Waals surface area contributed by atoms with Crippen molar-refractivity contribution < 1.29 is 14.4 Å². The molecule has 0 unspecified atom stereocenters. The Morgan fingerprint density at radius 3 is 2.50 bits per heavy atom. The molecule has 18 heavy (non-hydrogen) atoms. The van der Waals surface area contributed by atoms with Crippen LogP contribution in [-0.4, -0.2) is 30.8 Å². The first-order valence-electron chi connectivity index (χ1n) is 5.08. The number of hydrogen-bond acceptors (Lipinski definition) is 3. The average Bonchev–Trinajstić information content (AvgIpc) is 2.33. The van der Waals surface area contributed by atoms with Crippen molar-refractivity contribution in [1.82, 2.24) is 10.6 Å². The minimum absolute atomic E-state index is 0.210. The summed E-state index contributed by atoms with van der Waals surface area (Å²) in [7, 11) is 0. The Morgan fingerprint density at radius 2 is 1.89 bits per heavy atom. The van der Waals surface area contributed by atoms with Crippen LogP contribution in [0.3, 0.4) is 0 Å². The molecule has 0 aliphatic rings. The fourth-order valence-corrected chi connectivity index (χ4v) is 1.54. The number of halogens is 1. The maximum Gasteiger partial charge on any atom is 0.251 e. The molecule has 0 saturated carbocycles. The highest BCUT2D eigenvalue weighted by Gasteiger charge is 2.08. The molecule has 0 fully saturated rings. The summed E-state index contributed by atoms with van der Waals surface area (Å²) >= 11 is 3.24. The average molecular weight is 314 g/mol. The van der Waals surface area contributed by atoms with Crippen LogP contribution in [-0.2, 0) is 9.59 Å². The molecule has 1 aromatic rings. The maximum absolute atomic E-state index is 11.6. The third-order valence-corrected chi connectivity index (χ3v) is 2.45. The Balaban J connectivity index is 2.42. The zero-order valence-corrected chi connectivity index (χ0v) is 11.0. The Hall–Kier alpha value is -1.89. The van der Waals surface area contributed by atoms with E-state index in [2.05, 4.69) is 26.6 Å². The third-order valence-electron chi connectivity index (χ3n) is 1.96. The number of rotatable bonds is 5. The van der Waals surface area contributed by atoms with Gasteiger partial charge < -0.3 is 16.4 Å². The van der Waals surface area contributed by atoms with Gasteiger partial charge in [-0.1, -0.05) is 22.0 Å². The van der Waals surface area contributed by atoms with Crippen LogP contribution in [0.5, 0.6) is 0 Å². The van der Waals surface area contributed by atoms with Crippen LogP contribution < -0.4 is 16.4 Å². The van der Waals surface area contributed by atoms with Crippen molar-refractivity contribution in [3.8, 4) is 0 Å². The smallest absolute Gasteiger partial charge is 0.251 e. The second kappa shape index (κ2) is 6.75. The number of carbonyl (C=O) groups is 3. The Morgan fingerprint density at radius 1 is 1.17 bits per heavy atom. The van der Waals surface area contributed by atoms with Crippen molar-refractivity contribution in [2.45, 2.75) is 0 Å². The Bertz CT molecular complexity index is 476. The summed E-state index contributed by atoms with van der Waals surface area (Å²) < 4.78 is 0.772. The molecule has 0 aliphatic heterocycles. The highest BCUT2D eigenvalue weighted by molar-refractivity contribution is 9.10. The first kappa shape index (κ1) is 14.2. The molecule has 0 heterocycles. The highest BCUT2D eigenvalue weighted by Crippen LogP contribution is 2.11. The van der Waals surface area contributed by atoms with Gasteiger partial charge in [-0.05, 0) is 18.2 Å². The monoisotopic (exact) mass is 313 g/mol. The molecule has 0 bridgehead atoms. The van der Waals surface area contributed by atoms with E-state index in [1.165, 1.54) is 0 Å². The van der Waals surface area contributed by atoms with Gasteiger partial charge in [0.25, 0.3) is 5.91 Å². The van der Waals surface area contributed by atoms with Gasteiger partial charge in [-0.3, -0.25) is 14.4 Å². The van der Waals surface area contributed by atoms with Crippen LogP contribution in [0, 0.1) is 0 Å². The fourth-order valence-electron chi connectivity index (χ4n) is 1.14. The van der Waals surface area contributed by atoms with Gasteiger partial charge in [0.2, 0.25) is 11.8 Å². The van der Waals surface area contributed by atoms with Crippen molar-refractivity contribution >= 4 is 33.7 Å². The first-order valence-corrected chi connectivity index (χ1v) is 5.87. The van der Waals surface area contributed by atoms with Crippen LogP contribution >= 0.6 is 15.9 Å². The highest BCUT2D eigenvalue weighted by atomic mass is 79.9. The van der Waals surface area contributed by atoms with E-state index in [1.54, 1.807) is 24.3 Å². The number of nitrogens with one attached hydrogen (secondary N) is 2. The molecule has 1 rings (SSSR count). The minimum Gasteiger partial charge on any atom is -0.368 e. The molecule has 6 nitrogen and oxygen atoms in total. The maximum atomic E-state index is 11.6. The second-order valence-corrected chi connectivity index (χ2v) is 4.35. The molecule has 3 amide bonds. The van der Waals surface area contributed by atoms with Crippen LogP contribution in [0.1, 0.15) is 10.4 Å². The van der Waals surface area contributed by atoms with E-state index in [-0.39, 0.29) is 19.0 Å². The summed E-state index contributed by atoms with van der Waals surface area (Å²) in [6, 6.07) is 6.76. The van der Waals surface area contributed by atoms with Crippen molar-refractivity contribution in [1.29, 1.82) is 0 Å². The van der Waals surface area contributed by atoms with Gasteiger partial charge in [0.05, 0.1) is 13.1 Å². The molecule has 0 aliphatic carbocycles. The molecule has 0 radical (unpaired) electrons. The lowest BCUT2D eigenvalue weighted by Crippen LogP contribution is -2.40. The van der Waals surface area contributed by atoms with E-state index in [4.69, 9.17) is 5.73 Å². The topological polar surface area (TPSA) is 101 Å². The van der Waals surface area contributed by atoms with Crippen LogP contribution in [0.4, 0.5) is 0 Å². The molecule has 0 saturated heterocycles. The van der Waals surface area contributed by atoms with Gasteiger partial charge in [0.1, 0.15) is 0 Å². The van der Waals surface area contributed by atoms with Crippen molar-refractivity contribution in [3.63, 3.8) is 0 Å². The number of benzene rings is 1. The zero-order valence-electron chi connectivity index (χ0n) is 9.40. The van der Waals surface area contributed by atoms with E-state index in [9.17, 15) is 14.4 Å². The predicted octanol–water partition coefficient (Wildman–Crippen LogP) is -0.220. The summed E-state index contributed by atoms with van der Waals surface area (Å²) in [4.78, 5) is 33.3. The van der Waals surface area contributed by atoms with Crippen LogP contribution in [0.2, 0.25) is 0 Å². The summed E-state index contributed by atoms with van der Waals surface area (Å²) in [6.45, 7) is -0.454. The van der Waals surface area contributed by atoms with Crippen molar-refractivity contribution in [2.75, 3.05) is 13.1 Å². The number of hydrogen-bond donors (Lipinski definition) is 3. The van der Waals surface area contributed by atoms with Crippen LogP contribution in [0.25, 0.3) is 0 Å². The zero-order chi connectivity index (χ0) is 13.5. The van der Waals surface area contributed by atoms with E-state index in [0.717, 1.165) is 4.47 Å². The number of primary amides is 1. The molecular formula is C11H12BrN3O3. The van der Waals surface area contributed by atoms with Gasteiger partial charge in [-0.2, -0.15) is 0 Å². The Kier molecular flexibility index (Phi) is 5.31. The van der Waals surface area contributed by atoms with Gasteiger partial charge >= 0.3 is 0 Å². The first-order chi connectivity index (χ1) is 8.49. The normalized spacial score (nSPS) is 9.61.